The lowest BCUT2D eigenvalue weighted by Crippen LogP contribution is -2.34. The molecule has 0 aromatic carbocycles. The molecule has 0 aliphatic carbocycles. The van der Waals surface area contributed by atoms with Crippen molar-refractivity contribution in [2.75, 3.05) is 26.2 Å². The third-order valence-corrected chi connectivity index (χ3v) is 1.78. The molecule has 1 heterocycles. The van der Waals surface area contributed by atoms with E-state index in [1.807, 2.05) is 11.0 Å². The van der Waals surface area contributed by atoms with Crippen molar-refractivity contribution < 1.29 is 9.50 Å². The largest absolute Gasteiger partial charge is 0.296 e. The van der Waals surface area contributed by atoms with Crippen LogP contribution in [-0.2, 0) is 5.11 Å². The van der Waals surface area contributed by atoms with Gasteiger partial charge in [0.05, 0.1) is 0 Å². The van der Waals surface area contributed by atoms with E-state index < -0.39 is 12.8 Å². The second-order valence-electron chi connectivity index (χ2n) is 2.78. The Labute approximate surface area is 66.3 Å². The summed E-state index contributed by atoms with van der Waals surface area (Å²) in [6.45, 7) is 1.37. The van der Waals surface area contributed by atoms with E-state index in [1.165, 1.54) is 0 Å². The summed E-state index contributed by atoms with van der Waals surface area (Å²) >= 11 is 0. The SMILES string of the molecule is [O]C[C@@H](F)CN1CC=CCC1. The molecule has 0 saturated heterocycles. The van der Waals surface area contributed by atoms with Crippen molar-refractivity contribution in [3.8, 4) is 0 Å². The summed E-state index contributed by atoms with van der Waals surface area (Å²) in [4.78, 5) is 1.96. The zero-order valence-electron chi connectivity index (χ0n) is 6.50. The van der Waals surface area contributed by atoms with E-state index in [9.17, 15) is 9.50 Å². The van der Waals surface area contributed by atoms with Crippen molar-refractivity contribution in [1.82, 2.24) is 4.90 Å². The van der Waals surface area contributed by atoms with Crippen LogP contribution in [0, 0.1) is 0 Å². The highest BCUT2D eigenvalue weighted by atomic mass is 19.1. The Balaban J connectivity index is 2.20. The first-order valence-corrected chi connectivity index (χ1v) is 3.92. The molecular formula is C8H13FNO. The predicted molar refractivity (Wildman–Crippen MR) is 40.6 cm³/mol. The molecule has 0 N–H and O–H groups in total. The van der Waals surface area contributed by atoms with Crippen LogP contribution in [0.15, 0.2) is 12.2 Å². The van der Waals surface area contributed by atoms with E-state index in [4.69, 9.17) is 0 Å². The topological polar surface area (TPSA) is 23.1 Å². The summed E-state index contributed by atoms with van der Waals surface area (Å²) in [7, 11) is 0. The first kappa shape index (κ1) is 8.68. The second-order valence-corrected chi connectivity index (χ2v) is 2.78. The minimum absolute atomic E-state index is 0.299. The van der Waals surface area contributed by atoms with Gasteiger partial charge in [-0.25, -0.2) is 9.50 Å². The zero-order chi connectivity index (χ0) is 8.10. The van der Waals surface area contributed by atoms with Gasteiger partial charge in [-0.3, -0.25) is 4.90 Å². The van der Waals surface area contributed by atoms with Crippen molar-refractivity contribution >= 4 is 0 Å². The van der Waals surface area contributed by atoms with Crippen molar-refractivity contribution in [2.45, 2.75) is 12.6 Å². The maximum atomic E-state index is 12.5. The van der Waals surface area contributed by atoms with Crippen LogP contribution in [0.2, 0.25) is 0 Å². The van der Waals surface area contributed by atoms with Gasteiger partial charge in [-0.15, -0.1) is 0 Å². The Hall–Kier alpha value is -0.410. The van der Waals surface area contributed by atoms with Crippen LogP contribution in [0.5, 0.6) is 0 Å². The van der Waals surface area contributed by atoms with Crippen LogP contribution in [-0.4, -0.2) is 37.3 Å². The molecule has 1 aliphatic heterocycles. The third-order valence-electron chi connectivity index (χ3n) is 1.78. The van der Waals surface area contributed by atoms with E-state index in [0.717, 1.165) is 19.5 Å². The van der Waals surface area contributed by atoms with Crippen LogP contribution < -0.4 is 0 Å². The summed E-state index contributed by atoms with van der Waals surface area (Å²) in [6.07, 6.45) is 3.88. The third kappa shape index (κ3) is 2.99. The molecule has 11 heavy (non-hydrogen) atoms. The maximum Gasteiger partial charge on any atom is 0.139 e. The van der Waals surface area contributed by atoms with Gasteiger partial charge in [-0.05, 0) is 6.42 Å². The molecule has 0 bridgehead atoms. The van der Waals surface area contributed by atoms with Crippen molar-refractivity contribution in [3.63, 3.8) is 0 Å². The molecule has 63 valence electrons. The Kier molecular flexibility index (Phi) is 3.52. The molecule has 0 aromatic heterocycles. The van der Waals surface area contributed by atoms with Gasteiger partial charge in [-0.2, -0.15) is 0 Å². The van der Waals surface area contributed by atoms with Crippen LogP contribution in [0.25, 0.3) is 0 Å². The summed E-state index contributed by atoms with van der Waals surface area (Å²) < 4.78 is 12.5. The molecule has 1 rings (SSSR count). The summed E-state index contributed by atoms with van der Waals surface area (Å²) in [5, 5.41) is 10.1. The lowest BCUT2D eigenvalue weighted by molar-refractivity contribution is 0.0872. The number of rotatable bonds is 3. The summed E-state index contributed by atoms with van der Waals surface area (Å²) in [5.41, 5.74) is 0. The molecule has 2 nitrogen and oxygen atoms in total. The molecule has 0 unspecified atom stereocenters. The lowest BCUT2D eigenvalue weighted by Gasteiger charge is -2.23. The minimum atomic E-state index is -1.19. The van der Waals surface area contributed by atoms with Gasteiger partial charge < -0.3 is 0 Å². The zero-order valence-corrected chi connectivity index (χ0v) is 6.50. The van der Waals surface area contributed by atoms with Gasteiger partial charge in [0.2, 0.25) is 0 Å². The average Bonchev–Trinajstić information content (AvgIpc) is 2.06. The fourth-order valence-corrected chi connectivity index (χ4v) is 1.19. The highest BCUT2D eigenvalue weighted by molar-refractivity contribution is 4.91. The first-order valence-electron chi connectivity index (χ1n) is 3.92. The van der Waals surface area contributed by atoms with E-state index in [2.05, 4.69) is 6.08 Å². The highest BCUT2D eigenvalue weighted by Gasteiger charge is 2.12. The molecule has 3 heteroatoms. The number of hydrogen-bond donors (Lipinski definition) is 0. The molecular weight excluding hydrogens is 145 g/mol. The highest BCUT2D eigenvalue weighted by Crippen LogP contribution is 2.03. The van der Waals surface area contributed by atoms with Gasteiger partial charge >= 0.3 is 0 Å². The summed E-state index contributed by atoms with van der Waals surface area (Å²) in [6, 6.07) is 0. The van der Waals surface area contributed by atoms with Crippen molar-refractivity contribution in [2.24, 2.45) is 0 Å². The Bertz CT molecular complexity index is 138. The van der Waals surface area contributed by atoms with E-state index in [0.29, 0.717) is 6.54 Å². The Morgan fingerprint density at radius 3 is 2.91 bits per heavy atom. The first-order chi connectivity index (χ1) is 5.33. The number of halogens is 1. The quantitative estimate of drug-likeness (QED) is 0.562. The van der Waals surface area contributed by atoms with Gasteiger partial charge in [0.1, 0.15) is 12.8 Å². The van der Waals surface area contributed by atoms with Crippen molar-refractivity contribution in [1.29, 1.82) is 0 Å². The lowest BCUT2D eigenvalue weighted by atomic mass is 10.2. The van der Waals surface area contributed by atoms with E-state index >= 15 is 0 Å². The van der Waals surface area contributed by atoms with Gasteiger partial charge in [0.15, 0.2) is 0 Å². The van der Waals surface area contributed by atoms with Crippen molar-refractivity contribution in [3.05, 3.63) is 12.2 Å². The normalized spacial score (nSPS) is 22.0. The fourth-order valence-electron chi connectivity index (χ4n) is 1.19. The molecule has 1 aliphatic rings. The predicted octanol–water partition coefficient (Wildman–Crippen LogP) is 1.02. The average molecular weight is 158 g/mol. The Morgan fingerprint density at radius 2 is 2.36 bits per heavy atom. The fraction of sp³-hybridized carbons (Fsp3) is 0.750. The smallest absolute Gasteiger partial charge is 0.139 e. The minimum Gasteiger partial charge on any atom is -0.296 e. The van der Waals surface area contributed by atoms with Gasteiger partial charge in [-0.1, -0.05) is 12.2 Å². The van der Waals surface area contributed by atoms with Crippen LogP contribution in [0.1, 0.15) is 6.42 Å². The molecule has 1 radical (unpaired) electrons. The molecule has 0 spiro atoms. The maximum absolute atomic E-state index is 12.5. The van der Waals surface area contributed by atoms with Gasteiger partial charge in [0.25, 0.3) is 0 Å². The Morgan fingerprint density at radius 1 is 1.55 bits per heavy atom. The number of nitrogens with zero attached hydrogens (tertiary/aromatic N) is 1. The van der Waals surface area contributed by atoms with Crippen LogP contribution >= 0.6 is 0 Å². The van der Waals surface area contributed by atoms with Crippen LogP contribution in [0.4, 0.5) is 4.39 Å². The van der Waals surface area contributed by atoms with Crippen LogP contribution in [0.3, 0.4) is 0 Å². The standard InChI is InChI=1S/C8H13FNO/c9-8(7-11)6-10-4-2-1-3-5-10/h1-2,8H,3-7H2/t8-/m0/s1. The summed E-state index contributed by atoms with van der Waals surface area (Å²) in [5.74, 6) is 0. The molecule has 0 saturated carbocycles. The number of alkyl halides is 1. The number of hydrogen-bond acceptors (Lipinski definition) is 1. The molecule has 0 fully saturated rings. The van der Waals surface area contributed by atoms with Gasteiger partial charge in [0, 0.05) is 19.6 Å². The monoisotopic (exact) mass is 158 g/mol. The second kappa shape index (κ2) is 4.46. The van der Waals surface area contributed by atoms with E-state index in [-0.39, 0.29) is 0 Å². The van der Waals surface area contributed by atoms with E-state index in [1.54, 1.807) is 0 Å². The molecule has 0 aromatic rings. The molecule has 0 amide bonds. The molecule has 1 atom stereocenters.